The lowest BCUT2D eigenvalue weighted by Gasteiger charge is -2.28. The second-order valence-corrected chi connectivity index (χ2v) is 6.15. The summed E-state index contributed by atoms with van der Waals surface area (Å²) in [6, 6.07) is 0.0700. The Balaban J connectivity index is 2.46. The van der Waals surface area contributed by atoms with Gasteiger partial charge in [-0.15, -0.1) is 0 Å². The van der Waals surface area contributed by atoms with Crippen LogP contribution in [0.4, 0.5) is 4.79 Å². The van der Waals surface area contributed by atoms with E-state index in [0.29, 0.717) is 0 Å². The van der Waals surface area contributed by atoms with Gasteiger partial charge in [-0.25, -0.2) is 4.79 Å². The lowest BCUT2D eigenvalue weighted by molar-refractivity contribution is 0.195. The highest BCUT2D eigenvalue weighted by Gasteiger charge is 2.32. The van der Waals surface area contributed by atoms with Crippen LogP contribution >= 0.6 is 21.6 Å². The molecule has 1 N–H and O–H groups in total. The zero-order chi connectivity index (χ0) is 10.6. The molecule has 0 aromatic carbocycles. The van der Waals surface area contributed by atoms with E-state index >= 15 is 0 Å². The fourth-order valence-corrected chi connectivity index (χ4v) is 4.53. The third kappa shape index (κ3) is 2.98. The van der Waals surface area contributed by atoms with E-state index in [9.17, 15) is 4.79 Å². The summed E-state index contributed by atoms with van der Waals surface area (Å²) in [5.41, 5.74) is -0.0188. The molecule has 2 amide bonds. The molecule has 1 fully saturated rings. The Hall–Kier alpha value is -0.0300. The molecule has 1 heterocycles. The summed E-state index contributed by atoms with van der Waals surface area (Å²) in [7, 11) is 3.67. The molecular weight excluding hydrogens is 216 g/mol. The third-order valence-electron chi connectivity index (χ3n) is 2.30. The first-order valence-corrected chi connectivity index (χ1v) is 7.41. The predicted molar refractivity (Wildman–Crippen MR) is 64.8 cm³/mol. The van der Waals surface area contributed by atoms with Gasteiger partial charge in [-0.1, -0.05) is 21.6 Å². The van der Waals surface area contributed by atoms with Crippen molar-refractivity contribution in [3.63, 3.8) is 0 Å². The first-order chi connectivity index (χ1) is 6.61. The molecule has 0 atom stereocenters. The van der Waals surface area contributed by atoms with E-state index in [4.69, 9.17) is 0 Å². The Labute approximate surface area is 93.8 Å². The molecule has 0 aliphatic carbocycles. The van der Waals surface area contributed by atoms with E-state index in [1.54, 1.807) is 0 Å². The van der Waals surface area contributed by atoms with Gasteiger partial charge in [-0.3, -0.25) is 0 Å². The predicted octanol–water partition coefficient (Wildman–Crippen LogP) is 2.19. The van der Waals surface area contributed by atoms with Crippen molar-refractivity contribution in [3.05, 3.63) is 0 Å². The topological polar surface area (TPSA) is 32.3 Å². The smallest absolute Gasteiger partial charge is 0.317 e. The number of nitrogens with zero attached hydrogens (tertiary/aromatic N) is 1. The Kier molecular flexibility index (Phi) is 4.44. The van der Waals surface area contributed by atoms with Crippen molar-refractivity contribution in [1.82, 2.24) is 10.2 Å². The molecule has 1 aliphatic rings. The summed E-state index contributed by atoms with van der Waals surface area (Å²) in [6.45, 7) is 7.67. The summed E-state index contributed by atoms with van der Waals surface area (Å²) in [4.78, 5) is 13.6. The number of carbonyl (C=O) groups is 1. The second-order valence-electron chi connectivity index (χ2n) is 3.69. The summed E-state index contributed by atoms with van der Waals surface area (Å²) >= 11 is 0. The molecule has 0 bridgehead atoms. The molecule has 0 aromatic heterocycles. The number of urea groups is 1. The molecule has 14 heavy (non-hydrogen) atoms. The van der Waals surface area contributed by atoms with Gasteiger partial charge in [-0.05, 0) is 20.8 Å². The summed E-state index contributed by atoms with van der Waals surface area (Å²) in [5.74, 6) is 2.01. The van der Waals surface area contributed by atoms with Gasteiger partial charge in [0.2, 0.25) is 0 Å². The molecule has 1 saturated heterocycles. The maximum Gasteiger partial charge on any atom is 0.317 e. The minimum absolute atomic E-state index is 0.0188. The van der Waals surface area contributed by atoms with Gasteiger partial charge < -0.3 is 10.2 Å². The van der Waals surface area contributed by atoms with Crippen LogP contribution in [0.2, 0.25) is 0 Å². The number of hydrogen-bond donors (Lipinski definition) is 1. The van der Waals surface area contributed by atoms with Crippen molar-refractivity contribution >= 4 is 27.6 Å². The van der Waals surface area contributed by atoms with Crippen molar-refractivity contribution in [2.45, 2.75) is 26.3 Å². The molecule has 1 aliphatic heterocycles. The molecule has 5 heteroatoms. The zero-order valence-electron chi connectivity index (χ0n) is 9.00. The largest absolute Gasteiger partial charge is 0.331 e. The zero-order valence-corrected chi connectivity index (χ0v) is 10.6. The van der Waals surface area contributed by atoms with E-state index in [2.05, 4.69) is 12.2 Å². The Bertz CT molecular complexity index is 201. The fraction of sp³-hybridized carbons (Fsp3) is 0.889. The van der Waals surface area contributed by atoms with Crippen LogP contribution in [-0.4, -0.2) is 41.1 Å². The molecule has 0 saturated carbocycles. The van der Waals surface area contributed by atoms with Crippen LogP contribution in [0.1, 0.15) is 20.8 Å². The number of rotatable bonds is 3. The van der Waals surface area contributed by atoms with Crippen molar-refractivity contribution in [3.8, 4) is 0 Å². The van der Waals surface area contributed by atoms with Crippen LogP contribution < -0.4 is 5.32 Å². The van der Waals surface area contributed by atoms with Crippen molar-refractivity contribution in [1.29, 1.82) is 0 Å². The number of carbonyl (C=O) groups excluding carboxylic acids is 1. The van der Waals surface area contributed by atoms with Crippen LogP contribution in [0.5, 0.6) is 0 Å². The Morgan fingerprint density at radius 1 is 1.36 bits per heavy atom. The summed E-state index contributed by atoms with van der Waals surface area (Å²) in [6.07, 6.45) is 0. The highest BCUT2D eigenvalue weighted by Crippen LogP contribution is 2.37. The van der Waals surface area contributed by atoms with Crippen LogP contribution in [0.3, 0.4) is 0 Å². The normalized spacial score (nSPS) is 19.4. The van der Waals surface area contributed by atoms with Gasteiger partial charge in [0.25, 0.3) is 0 Å². The van der Waals surface area contributed by atoms with Gasteiger partial charge in [0.15, 0.2) is 0 Å². The summed E-state index contributed by atoms with van der Waals surface area (Å²) < 4.78 is 0. The van der Waals surface area contributed by atoms with Crippen molar-refractivity contribution < 1.29 is 4.79 Å². The average molecular weight is 234 g/mol. The minimum atomic E-state index is -0.0188. The average Bonchev–Trinajstić information content (AvgIpc) is 2.54. The van der Waals surface area contributed by atoms with Gasteiger partial charge in [0.1, 0.15) is 0 Å². The van der Waals surface area contributed by atoms with E-state index < -0.39 is 0 Å². The van der Waals surface area contributed by atoms with E-state index in [1.807, 2.05) is 40.3 Å². The van der Waals surface area contributed by atoms with Gasteiger partial charge in [0, 0.05) is 24.6 Å². The number of hydrogen-bond acceptors (Lipinski definition) is 3. The Morgan fingerprint density at radius 2 is 1.86 bits per heavy atom. The summed E-state index contributed by atoms with van der Waals surface area (Å²) in [5, 5.41) is 3.10. The minimum Gasteiger partial charge on any atom is -0.331 e. The van der Waals surface area contributed by atoms with Crippen molar-refractivity contribution in [2.24, 2.45) is 0 Å². The van der Waals surface area contributed by atoms with Crippen LogP contribution in [0.25, 0.3) is 0 Å². The lowest BCUT2D eigenvalue weighted by Crippen LogP contribution is -2.53. The number of amides is 2. The standard InChI is InChI=1S/C9H18N2OS2/c1-4-11(5-2)8(12)10-9(3)6-13-14-7-9/h4-7H2,1-3H3,(H,10,12). The maximum atomic E-state index is 11.8. The lowest BCUT2D eigenvalue weighted by atomic mass is 10.1. The Morgan fingerprint density at radius 3 is 2.29 bits per heavy atom. The molecule has 3 nitrogen and oxygen atoms in total. The van der Waals surface area contributed by atoms with E-state index in [0.717, 1.165) is 24.6 Å². The highest BCUT2D eigenvalue weighted by molar-refractivity contribution is 8.77. The SMILES string of the molecule is CCN(CC)C(=O)NC1(C)CSSC1. The molecule has 82 valence electrons. The molecule has 0 spiro atoms. The molecule has 0 unspecified atom stereocenters. The van der Waals surface area contributed by atoms with E-state index in [-0.39, 0.29) is 11.6 Å². The molecule has 0 aromatic rings. The van der Waals surface area contributed by atoms with Crippen molar-refractivity contribution in [2.75, 3.05) is 24.6 Å². The monoisotopic (exact) mass is 234 g/mol. The van der Waals surface area contributed by atoms with Gasteiger partial charge in [-0.2, -0.15) is 0 Å². The number of nitrogens with one attached hydrogen (secondary N) is 1. The fourth-order valence-electron chi connectivity index (χ4n) is 1.31. The van der Waals surface area contributed by atoms with Crippen LogP contribution in [0.15, 0.2) is 0 Å². The first-order valence-electron chi connectivity index (χ1n) is 4.93. The maximum absolute atomic E-state index is 11.8. The van der Waals surface area contributed by atoms with Crippen LogP contribution in [-0.2, 0) is 0 Å². The molecular formula is C9H18N2OS2. The second kappa shape index (κ2) is 5.16. The molecule has 0 radical (unpaired) electrons. The molecule has 1 rings (SSSR count). The highest BCUT2D eigenvalue weighted by atomic mass is 33.1. The first kappa shape index (κ1) is 12.0. The van der Waals surface area contributed by atoms with Gasteiger partial charge in [0.05, 0.1) is 5.54 Å². The third-order valence-corrected chi connectivity index (χ3v) is 5.18. The van der Waals surface area contributed by atoms with E-state index in [1.165, 1.54) is 0 Å². The van der Waals surface area contributed by atoms with Crippen LogP contribution in [0, 0.1) is 0 Å². The van der Waals surface area contributed by atoms with Gasteiger partial charge >= 0.3 is 6.03 Å². The quantitative estimate of drug-likeness (QED) is 0.760.